The van der Waals surface area contributed by atoms with E-state index >= 15 is 0 Å². The smallest absolute Gasteiger partial charge is 0.305 e. The Morgan fingerprint density at radius 2 is 2.05 bits per heavy atom. The van der Waals surface area contributed by atoms with Gasteiger partial charge >= 0.3 is 5.97 Å². The summed E-state index contributed by atoms with van der Waals surface area (Å²) in [6, 6.07) is 1.49. The van der Waals surface area contributed by atoms with Gasteiger partial charge in [-0.15, -0.1) is 0 Å². The molecule has 0 aromatic heterocycles. The van der Waals surface area contributed by atoms with Crippen molar-refractivity contribution < 1.29 is 9.53 Å². The lowest BCUT2D eigenvalue weighted by Gasteiger charge is -2.47. The van der Waals surface area contributed by atoms with Crippen LogP contribution in [0.3, 0.4) is 0 Å². The second-order valence-electron chi connectivity index (χ2n) is 6.60. The van der Waals surface area contributed by atoms with Gasteiger partial charge in [0.15, 0.2) is 0 Å². The number of ether oxygens (including phenoxy) is 1. The molecular formula is C17H32N2O2. The summed E-state index contributed by atoms with van der Waals surface area (Å²) in [5.41, 5.74) is 0. The number of rotatable bonds is 7. The van der Waals surface area contributed by atoms with Crippen LogP contribution in [0, 0.1) is 0 Å². The first-order chi connectivity index (χ1) is 10.2. The van der Waals surface area contributed by atoms with Crippen LogP contribution in [-0.4, -0.2) is 60.6 Å². The minimum absolute atomic E-state index is 0.0401. The van der Waals surface area contributed by atoms with Crippen LogP contribution < -0.4 is 0 Å². The number of hydrogen-bond acceptors (Lipinski definition) is 4. The van der Waals surface area contributed by atoms with Gasteiger partial charge in [-0.3, -0.25) is 14.6 Å². The van der Waals surface area contributed by atoms with E-state index in [9.17, 15) is 4.79 Å². The van der Waals surface area contributed by atoms with Crippen molar-refractivity contribution in [3.63, 3.8) is 0 Å². The van der Waals surface area contributed by atoms with Gasteiger partial charge in [-0.1, -0.05) is 12.8 Å². The highest BCUT2D eigenvalue weighted by molar-refractivity contribution is 5.69. The van der Waals surface area contributed by atoms with Gasteiger partial charge in [-0.25, -0.2) is 0 Å². The lowest BCUT2D eigenvalue weighted by Crippen LogP contribution is -2.58. The van der Waals surface area contributed by atoms with Gasteiger partial charge in [0, 0.05) is 31.6 Å². The molecule has 21 heavy (non-hydrogen) atoms. The quantitative estimate of drug-likeness (QED) is 0.534. The summed E-state index contributed by atoms with van der Waals surface area (Å²) >= 11 is 0. The van der Waals surface area contributed by atoms with E-state index in [1.807, 2.05) is 6.92 Å². The molecule has 0 spiro atoms. The van der Waals surface area contributed by atoms with Gasteiger partial charge in [-0.2, -0.15) is 0 Å². The Balaban J connectivity index is 1.60. The molecule has 0 radical (unpaired) electrons. The maximum absolute atomic E-state index is 11.3. The number of piperidine rings is 1. The maximum atomic E-state index is 11.3. The van der Waals surface area contributed by atoms with Crippen LogP contribution in [0.5, 0.6) is 0 Å². The topological polar surface area (TPSA) is 32.8 Å². The third kappa shape index (κ3) is 5.26. The molecule has 0 N–H and O–H groups in total. The fraction of sp³-hybridized carbons (Fsp3) is 0.941. The van der Waals surface area contributed by atoms with Crippen LogP contribution in [-0.2, 0) is 9.53 Å². The highest BCUT2D eigenvalue weighted by Gasteiger charge is 2.32. The number of hydrogen-bond donors (Lipinski definition) is 0. The van der Waals surface area contributed by atoms with Crippen LogP contribution in [0.1, 0.15) is 58.8 Å². The Morgan fingerprint density at radius 3 is 2.86 bits per heavy atom. The Kier molecular flexibility index (Phi) is 6.97. The van der Waals surface area contributed by atoms with E-state index in [-0.39, 0.29) is 5.97 Å². The van der Waals surface area contributed by atoms with Gasteiger partial charge in [0.1, 0.15) is 0 Å². The van der Waals surface area contributed by atoms with Crippen molar-refractivity contribution in [1.82, 2.24) is 9.80 Å². The molecule has 0 saturated carbocycles. The summed E-state index contributed by atoms with van der Waals surface area (Å²) in [6.07, 6.45) is 8.06. The molecule has 2 fully saturated rings. The van der Waals surface area contributed by atoms with Crippen LogP contribution in [0.2, 0.25) is 0 Å². The van der Waals surface area contributed by atoms with E-state index in [1.165, 1.54) is 51.9 Å². The zero-order valence-corrected chi connectivity index (χ0v) is 13.9. The van der Waals surface area contributed by atoms with E-state index in [4.69, 9.17) is 4.74 Å². The average molecular weight is 296 g/mol. The number of esters is 1. The summed E-state index contributed by atoms with van der Waals surface area (Å²) in [6.45, 7) is 9.72. The summed E-state index contributed by atoms with van der Waals surface area (Å²) < 4.78 is 4.96. The number of piperazine rings is 1. The largest absolute Gasteiger partial charge is 0.466 e. The van der Waals surface area contributed by atoms with Crippen LogP contribution in [0.4, 0.5) is 0 Å². The second-order valence-corrected chi connectivity index (χ2v) is 6.60. The van der Waals surface area contributed by atoms with Crippen molar-refractivity contribution in [3.8, 4) is 0 Å². The molecule has 122 valence electrons. The van der Waals surface area contributed by atoms with Crippen LogP contribution in [0.25, 0.3) is 0 Å². The van der Waals surface area contributed by atoms with Gasteiger partial charge in [0.25, 0.3) is 0 Å². The number of fused-ring (bicyclic) bond motifs is 1. The molecule has 2 saturated heterocycles. The first-order valence-corrected chi connectivity index (χ1v) is 8.84. The third-order valence-electron chi connectivity index (χ3n) is 4.95. The van der Waals surface area contributed by atoms with Gasteiger partial charge < -0.3 is 4.74 Å². The van der Waals surface area contributed by atoms with Crippen molar-refractivity contribution in [2.24, 2.45) is 0 Å². The summed E-state index contributed by atoms with van der Waals surface area (Å²) in [5.74, 6) is -0.0401. The lowest BCUT2D eigenvalue weighted by molar-refractivity contribution is -0.143. The van der Waals surface area contributed by atoms with Crippen molar-refractivity contribution in [2.75, 3.05) is 32.8 Å². The van der Waals surface area contributed by atoms with E-state index in [1.54, 1.807) is 0 Å². The number of unbranched alkanes of at least 4 members (excludes halogenated alkanes) is 2. The molecule has 0 aromatic rings. The number of nitrogens with zero attached hydrogens (tertiary/aromatic N) is 2. The third-order valence-corrected chi connectivity index (χ3v) is 4.95. The fourth-order valence-electron chi connectivity index (χ4n) is 3.72. The molecule has 2 aliphatic rings. The van der Waals surface area contributed by atoms with Crippen molar-refractivity contribution >= 4 is 5.97 Å². The minimum atomic E-state index is -0.0401. The zero-order chi connectivity index (χ0) is 15.1. The SMILES string of the molecule is CCOC(=O)CCCCCN1CC2CCCCN2CC1C. The summed E-state index contributed by atoms with van der Waals surface area (Å²) in [7, 11) is 0. The molecular weight excluding hydrogens is 264 g/mol. The predicted octanol–water partition coefficient (Wildman–Crippen LogP) is 2.67. The van der Waals surface area contributed by atoms with Crippen LogP contribution in [0.15, 0.2) is 0 Å². The van der Waals surface area contributed by atoms with Crippen molar-refractivity contribution in [1.29, 1.82) is 0 Å². The highest BCUT2D eigenvalue weighted by Crippen LogP contribution is 2.24. The molecule has 0 amide bonds. The summed E-state index contributed by atoms with van der Waals surface area (Å²) in [4.78, 5) is 16.6. The molecule has 2 rings (SSSR count). The second kappa shape index (κ2) is 8.74. The summed E-state index contributed by atoms with van der Waals surface area (Å²) in [5, 5.41) is 0. The molecule has 2 aliphatic heterocycles. The normalized spacial score (nSPS) is 27.3. The molecule has 0 aliphatic carbocycles. The average Bonchev–Trinajstić information content (AvgIpc) is 2.47. The first-order valence-electron chi connectivity index (χ1n) is 8.84. The van der Waals surface area contributed by atoms with Crippen LogP contribution >= 0.6 is 0 Å². The Bertz CT molecular complexity index is 322. The van der Waals surface area contributed by atoms with Crippen molar-refractivity contribution in [2.45, 2.75) is 70.9 Å². The molecule has 4 nitrogen and oxygen atoms in total. The standard InChI is InChI=1S/C17H32N2O2/c1-3-21-17(20)10-5-4-7-11-18-14-16-9-6-8-12-19(16)13-15(18)2/h15-16H,3-14H2,1-2H3. The molecule has 2 heterocycles. The lowest BCUT2D eigenvalue weighted by atomic mass is 9.97. The number of carbonyl (C=O) groups is 1. The Morgan fingerprint density at radius 1 is 1.19 bits per heavy atom. The molecule has 4 heteroatoms. The Labute approximate surface area is 129 Å². The van der Waals surface area contributed by atoms with Crippen molar-refractivity contribution in [3.05, 3.63) is 0 Å². The number of carbonyl (C=O) groups excluding carboxylic acids is 1. The fourth-order valence-corrected chi connectivity index (χ4v) is 3.72. The predicted molar refractivity (Wildman–Crippen MR) is 85.3 cm³/mol. The van der Waals surface area contributed by atoms with E-state index in [2.05, 4.69) is 16.7 Å². The maximum Gasteiger partial charge on any atom is 0.305 e. The zero-order valence-electron chi connectivity index (χ0n) is 13.9. The molecule has 0 aromatic carbocycles. The minimum Gasteiger partial charge on any atom is -0.466 e. The molecule has 2 atom stereocenters. The van der Waals surface area contributed by atoms with Gasteiger partial charge in [0.05, 0.1) is 6.61 Å². The van der Waals surface area contributed by atoms with Gasteiger partial charge in [-0.05, 0) is 52.6 Å². The van der Waals surface area contributed by atoms with E-state index < -0.39 is 0 Å². The molecule has 0 bridgehead atoms. The van der Waals surface area contributed by atoms with E-state index in [0.717, 1.165) is 18.9 Å². The first kappa shape index (κ1) is 16.8. The Hall–Kier alpha value is -0.610. The monoisotopic (exact) mass is 296 g/mol. The van der Waals surface area contributed by atoms with Gasteiger partial charge in [0.2, 0.25) is 0 Å². The highest BCUT2D eigenvalue weighted by atomic mass is 16.5. The van der Waals surface area contributed by atoms with E-state index in [0.29, 0.717) is 19.1 Å². The molecule has 2 unspecified atom stereocenters.